The number of ether oxygens (including phenoxy) is 4. The highest BCUT2D eigenvalue weighted by molar-refractivity contribution is 5.96. The standard InChI is InChI=1S/C28H27NO6/c1-16(2)10-22(30)21-8-9-23-25(27(21)32-4)28(31)33-15-19-11-17(3)12-24(26(19)35-23)34-20-7-5-6-18(13-20)14-29/h5-9,11-13,16,22,30H,10,15H2,1-4H3/t22-/m0/s1. The van der Waals surface area contributed by atoms with Gasteiger partial charge in [-0.2, -0.15) is 5.26 Å². The number of esters is 1. The Hall–Kier alpha value is -4.02. The van der Waals surface area contributed by atoms with Gasteiger partial charge in [0.15, 0.2) is 11.5 Å². The predicted molar refractivity (Wildman–Crippen MR) is 129 cm³/mol. The number of aryl methyl sites for hydroxylation is 1. The maximum Gasteiger partial charge on any atom is 0.346 e. The Morgan fingerprint density at radius 3 is 2.69 bits per heavy atom. The molecule has 0 aliphatic carbocycles. The first-order valence-electron chi connectivity index (χ1n) is 11.4. The van der Waals surface area contributed by atoms with Crippen molar-refractivity contribution in [2.45, 2.75) is 39.9 Å². The summed E-state index contributed by atoms with van der Waals surface area (Å²) in [6.45, 7) is 5.88. The van der Waals surface area contributed by atoms with Crippen LogP contribution < -0.4 is 14.2 Å². The van der Waals surface area contributed by atoms with E-state index in [0.717, 1.165) is 5.56 Å². The minimum atomic E-state index is -0.810. The lowest BCUT2D eigenvalue weighted by molar-refractivity contribution is 0.0454. The van der Waals surface area contributed by atoms with E-state index < -0.39 is 12.1 Å². The Kier molecular flexibility index (Phi) is 6.94. The molecule has 1 aliphatic heterocycles. The number of aliphatic hydroxyl groups excluding tert-OH is 1. The third-order valence-corrected chi connectivity index (χ3v) is 5.65. The average Bonchev–Trinajstić information content (AvgIpc) is 2.82. The second-order valence-corrected chi connectivity index (χ2v) is 8.88. The average molecular weight is 474 g/mol. The number of cyclic esters (lactones) is 1. The molecular weight excluding hydrogens is 446 g/mol. The number of nitrogens with zero attached hydrogens (tertiary/aromatic N) is 1. The van der Waals surface area contributed by atoms with Crippen LogP contribution in [0.5, 0.6) is 28.7 Å². The summed E-state index contributed by atoms with van der Waals surface area (Å²) in [6, 6.07) is 15.9. The SMILES string of the molecule is COc1c([C@@H](O)CC(C)C)ccc2c1C(=O)OCc1cc(C)cc(Oc3cccc(C#N)c3)c1O2. The largest absolute Gasteiger partial charge is 0.495 e. The van der Waals surface area contributed by atoms with Gasteiger partial charge in [0, 0.05) is 11.1 Å². The number of fused-ring (bicyclic) bond motifs is 2. The van der Waals surface area contributed by atoms with E-state index in [1.807, 2.05) is 32.9 Å². The fourth-order valence-corrected chi connectivity index (χ4v) is 4.11. The van der Waals surface area contributed by atoms with E-state index in [4.69, 9.17) is 18.9 Å². The van der Waals surface area contributed by atoms with Crippen LogP contribution in [0.25, 0.3) is 0 Å². The highest BCUT2D eigenvalue weighted by Crippen LogP contribution is 2.45. The lowest BCUT2D eigenvalue weighted by Crippen LogP contribution is -2.15. The van der Waals surface area contributed by atoms with Crippen LogP contribution in [0.1, 0.15) is 59.0 Å². The van der Waals surface area contributed by atoms with Crippen molar-refractivity contribution in [3.05, 3.63) is 76.3 Å². The molecule has 0 saturated heterocycles. The van der Waals surface area contributed by atoms with Crippen LogP contribution in [-0.4, -0.2) is 18.2 Å². The van der Waals surface area contributed by atoms with Gasteiger partial charge >= 0.3 is 5.97 Å². The van der Waals surface area contributed by atoms with Gasteiger partial charge in [-0.25, -0.2) is 4.79 Å². The van der Waals surface area contributed by atoms with E-state index in [9.17, 15) is 15.2 Å². The van der Waals surface area contributed by atoms with E-state index in [-0.39, 0.29) is 29.6 Å². The first-order chi connectivity index (χ1) is 16.8. The maximum atomic E-state index is 13.1. The monoisotopic (exact) mass is 473 g/mol. The molecule has 35 heavy (non-hydrogen) atoms. The number of nitriles is 1. The molecule has 4 rings (SSSR count). The fraction of sp³-hybridized carbons (Fsp3) is 0.286. The van der Waals surface area contributed by atoms with Crippen LogP contribution in [0.15, 0.2) is 48.5 Å². The first-order valence-corrected chi connectivity index (χ1v) is 11.4. The molecule has 0 amide bonds. The Balaban J connectivity index is 1.81. The van der Waals surface area contributed by atoms with E-state index in [2.05, 4.69) is 6.07 Å². The molecule has 3 aromatic rings. The summed E-state index contributed by atoms with van der Waals surface area (Å²) in [7, 11) is 1.45. The number of benzene rings is 3. The van der Waals surface area contributed by atoms with Crippen LogP contribution in [-0.2, 0) is 11.3 Å². The van der Waals surface area contributed by atoms with E-state index in [0.29, 0.717) is 40.4 Å². The number of hydrogen-bond donors (Lipinski definition) is 1. The van der Waals surface area contributed by atoms with Crippen LogP contribution >= 0.6 is 0 Å². The van der Waals surface area contributed by atoms with Crippen molar-refractivity contribution in [3.8, 4) is 34.8 Å². The zero-order chi connectivity index (χ0) is 25.1. The number of methoxy groups -OCH3 is 1. The molecule has 0 radical (unpaired) electrons. The van der Waals surface area contributed by atoms with E-state index in [1.165, 1.54) is 7.11 Å². The van der Waals surface area contributed by atoms with Gasteiger partial charge in [0.05, 0.1) is 24.8 Å². The quantitative estimate of drug-likeness (QED) is 0.425. The summed E-state index contributed by atoms with van der Waals surface area (Å²) in [5.41, 5.74) is 2.60. The normalized spacial score (nSPS) is 13.3. The van der Waals surface area contributed by atoms with Crippen molar-refractivity contribution in [2.75, 3.05) is 7.11 Å². The third-order valence-electron chi connectivity index (χ3n) is 5.65. The van der Waals surface area contributed by atoms with Gasteiger partial charge in [-0.3, -0.25) is 0 Å². The molecule has 1 aliphatic rings. The predicted octanol–water partition coefficient (Wildman–Crippen LogP) is 6.21. The summed E-state index contributed by atoms with van der Waals surface area (Å²) in [6.07, 6.45) is -0.304. The minimum absolute atomic E-state index is 0.0359. The summed E-state index contributed by atoms with van der Waals surface area (Å²) in [5.74, 6) is 1.38. The van der Waals surface area contributed by atoms with Gasteiger partial charge in [-0.1, -0.05) is 19.9 Å². The van der Waals surface area contributed by atoms with Crippen molar-refractivity contribution >= 4 is 5.97 Å². The van der Waals surface area contributed by atoms with Gasteiger partial charge in [-0.15, -0.1) is 0 Å². The van der Waals surface area contributed by atoms with Gasteiger partial charge in [0.25, 0.3) is 0 Å². The second-order valence-electron chi connectivity index (χ2n) is 8.88. The molecule has 7 nitrogen and oxygen atoms in total. The highest BCUT2D eigenvalue weighted by Gasteiger charge is 2.30. The van der Waals surface area contributed by atoms with Crippen molar-refractivity contribution in [1.82, 2.24) is 0 Å². The van der Waals surface area contributed by atoms with Crippen LogP contribution in [0, 0.1) is 24.2 Å². The molecule has 0 unspecified atom stereocenters. The zero-order valence-corrected chi connectivity index (χ0v) is 20.1. The summed E-state index contributed by atoms with van der Waals surface area (Å²) in [4.78, 5) is 13.1. The zero-order valence-electron chi connectivity index (χ0n) is 20.1. The highest BCUT2D eigenvalue weighted by atomic mass is 16.6. The lowest BCUT2D eigenvalue weighted by atomic mass is 9.96. The fourth-order valence-electron chi connectivity index (χ4n) is 4.11. The van der Waals surface area contributed by atoms with E-state index >= 15 is 0 Å². The van der Waals surface area contributed by atoms with Crippen molar-refractivity contribution in [2.24, 2.45) is 5.92 Å². The molecule has 1 N–H and O–H groups in total. The Morgan fingerprint density at radius 2 is 1.97 bits per heavy atom. The third kappa shape index (κ3) is 5.08. The first kappa shape index (κ1) is 24.1. The molecule has 0 fully saturated rings. The molecule has 0 spiro atoms. The second kappa shape index (κ2) is 10.1. The topological polar surface area (TPSA) is 98.0 Å². The maximum absolute atomic E-state index is 13.1. The van der Waals surface area contributed by atoms with Crippen LogP contribution in [0.2, 0.25) is 0 Å². The Bertz CT molecular complexity index is 1310. The van der Waals surface area contributed by atoms with Gasteiger partial charge in [0.2, 0.25) is 0 Å². The van der Waals surface area contributed by atoms with Crippen molar-refractivity contribution < 1.29 is 28.8 Å². The molecule has 0 aromatic heterocycles. The molecule has 0 bridgehead atoms. The number of carbonyl (C=O) groups excluding carboxylic acids is 1. The molecule has 7 heteroatoms. The molecule has 1 atom stereocenters. The van der Waals surface area contributed by atoms with Gasteiger partial charge < -0.3 is 24.1 Å². The summed E-state index contributed by atoms with van der Waals surface area (Å²) < 4.78 is 23.6. The molecule has 3 aromatic carbocycles. The minimum Gasteiger partial charge on any atom is -0.495 e. The van der Waals surface area contributed by atoms with Crippen molar-refractivity contribution in [1.29, 1.82) is 5.26 Å². The van der Waals surface area contributed by atoms with Crippen LogP contribution in [0.4, 0.5) is 0 Å². The van der Waals surface area contributed by atoms with Gasteiger partial charge in [0.1, 0.15) is 29.4 Å². The molecule has 0 saturated carbocycles. The molecular formula is C28H27NO6. The number of hydrogen-bond acceptors (Lipinski definition) is 7. The number of aliphatic hydroxyl groups is 1. The summed E-state index contributed by atoms with van der Waals surface area (Å²) >= 11 is 0. The van der Waals surface area contributed by atoms with Crippen molar-refractivity contribution in [3.63, 3.8) is 0 Å². The number of carbonyl (C=O) groups is 1. The molecule has 180 valence electrons. The smallest absolute Gasteiger partial charge is 0.346 e. The van der Waals surface area contributed by atoms with Crippen LogP contribution in [0.3, 0.4) is 0 Å². The molecule has 1 heterocycles. The summed E-state index contributed by atoms with van der Waals surface area (Å²) in [5, 5.41) is 20.0. The Labute approximate surface area is 204 Å². The lowest BCUT2D eigenvalue weighted by Gasteiger charge is -2.24. The van der Waals surface area contributed by atoms with E-state index in [1.54, 1.807) is 36.4 Å². The number of rotatable bonds is 6. The van der Waals surface area contributed by atoms with Gasteiger partial charge in [-0.05, 0) is 67.3 Å². The Morgan fingerprint density at radius 1 is 1.17 bits per heavy atom.